The summed E-state index contributed by atoms with van der Waals surface area (Å²) in [7, 11) is 0. The summed E-state index contributed by atoms with van der Waals surface area (Å²) in [5.74, 6) is -0.270. The van der Waals surface area contributed by atoms with E-state index in [-0.39, 0.29) is 11.7 Å². The number of hydrogen-bond donors (Lipinski definition) is 1. The molecule has 0 amide bonds. The van der Waals surface area contributed by atoms with E-state index in [0.717, 1.165) is 37.7 Å². The third-order valence-corrected chi connectivity index (χ3v) is 6.44. The van der Waals surface area contributed by atoms with Crippen molar-refractivity contribution in [3.05, 3.63) is 64.2 Å². The highest BCUT2D eigenvalue weighted by molar-refractivity contribution is 6.15. The summed E-state index contributed by atoms with van der Waals surface area (Å²) in [6, 6.07) is 9.39. The fraction of sp³-hybridized carbons (Fsp3) is 0.400. The minimum atomic E-state index is -4.38. The molecule has 0 saturated carbocycles. The van der Waals surface area contributed by atoms with Crippen molar-refractivity contribution >= 4 is 23.2 Å². The molecular formula is C25H27F3N2O. The number of benzene rings is 2. The number of hydrogen-bond acceptors (Lipinski definition) is 3. The Kier molecular flexibility index (Phi) is 5.82. The fourth-order valence-corrected chi connectivity index (χ4v) is 4.64. The minimum absolute atomic E-state index is 0.132. The minimum Gasteiger partial charge on any atom is -0.398 e. The van der Waals surface area contributed by atoms with Gasteiger partial charge in [-0.3, -0.25) is 4.79 Å². The molecule has 1 unspecified atom stereocenters. The van der Waals surface area contributed by atoms with E-state index in [1.54, 1.807) is 12.1 Å². The number of rotatable bonds is 4. The van der Waals surface area contributed by atoms with Gasteiger partial charge in [-0.1, -0.05) is 13.0 Å². The lowest BCUT2D eigenvalue weighted by atomic mass is 9.79. The Morgan fingerprint density at radius 2 is 1.84 bits per heavy atom. The van der Waals surface area contributed by atoms with Gasteiger partial charge in [0.15, 0.2) is 5.78 Å². The molecule has 2 aromatic carbocycles. The van der Waals surface area contributed by atoms with Crippen LogP contribution in [0.2, 0.25) is 0 Å². The van der Waals surface area contributed by atoms with Crippen LogP contribution in [-0.2, 0) is 6.18 Å². The Morgan fingerprint density at radius 3 is 2.52 bits per heavy atom. The van der Waals surface area contributed by atoms with E-state index in [2.05, 4.69) is 4.90 Å². The zero-order valence-electron chi connectivity index (χ0n) is 17.6. The Bertz CT molecular complexity index is 1020. The van der Waals surface area contributed by atoms with Gasteiger partial charge in [-0.2, -0.15) is 13.2 Å². The van der Waals surface area contributed by atoms with Crippen molar-refractivity contribution in [2.45, 2.75) is 51.1 Å². The van der Waals surface area contributed by atoms with Gasteiger partial charge in [0.1, 0.15) is 0 Å². The summed E-state index contributed by atoms with van der Waals surface area (Å²) in [4.78, 5) is 15.7. The number of nitrogen functional groups attached to an aromatic ring is 1. The standard InChI is InChI=1S/C25H27F3N2O/c1-2-16-12-18(13-17-6-7-19(14-21(16)17)25(26,27)28)24(31)22-15-20(8-9-23(22)29)30-10-4-3-5-11-30/h6-9,13-16H,2-5,10-12,29H2,1H3. The molecule has 6 heteroatoms. The van der Waals surface area contributed by atoms with Crippen LogP contribution in [0.25, 0.3) is 6.08 Å². The highest BCUT2D eigenvalue weighted by Gasteiger charge is 2.33. The van der Waals surface area contributed by atoms with Gasteiger partial charge < -0.3 is 10.6 Å². The summed E-state index contributed by atoms with van der Waals surface area (Å²) in [6.07, 6.45) is 1.91. The first kappa shape index (κ1) is 21.5. The number of carbonyl (C=O) groups is 1. The van der Waals surface area contributed by atoms with Gasteiger partial charge in [0.25, 0.3) is 0 Å². The number of fused-ring (bicyclic) bond motifs is 1. The smallest absolute Gasteiger partial charge is 0.398 e. The molecule has 0 bridgehead atoms. The molecule has 2 aromatic rings. The lowest BCUT2D eigenvalue weighted by Crippen LogP contribution is -2.29. The average Bonchev–Trinajstić information content (AvgIpc) is 2.77. The molecule has 0 aromatic heterocycles. The largest absolute Gasteiger partial charge is 0.416 e. The van der Waals surface area contributed by atoms with Crippen LogP contribution in [0, 0.1) is 0 Å². The Labute approximate surface area is 180 Å². The fourth-order valence-electron chi connectivity index (χ4n) is 4.64. The number of halogens is 3. The van der Waals surface area contributed by atoms with Crippen molar-refractivity contribution in [1.82, 2.24) is 0 Å². The predicted octanol–water partition coefficient (Wildman–Crippen LogP) is 6.44. The maximum Gasteiger partial charge on any atom is 0.416 e. The third kappa shape index (κ3) is 4.34. The molecule has 2 aliphatic rings. The van der Waals surface area contributed by atoms with Crippen LogP contribution < -0.4 is 10.6 Å². The summed E-state index contributed by atoms with van der Waals surface area (Å²) in [6.45, 7) is 3.87. The summed E-state index contributed by atoms with van der Waals surface area (Å²) >= 11 is 0. The molecule has 0 radical (unpaired) electrons. The number of nitrogens with two attached hydrogens (primary N) is 1. The quantitative estimate of drug-likeness (QED) is 0.450. The van der Waals surface area contributed by atoms with Gasteiger partial charge >= 0.3 is 6.18 Å². The Hall–Kier alpha value is -2.76. The molecule has 1 saturated heterocycles. The zero-order chi connectivity index (χ0) is 22.2. The second-order valence-corrected chi connectivity index (χ2v) is 8.47. The van der Waals surface area contributed by atoms with E-state index in [4.69, 9.17) is 5.73 Å². The third-order valence-electron chi connectivity index (χ3n) is 6.44. The molecule has 1 aliphatic heterocycles. The van der Waals surface area contributed by atoms with Gasteiger partial charge in [-0.15, -0.1) is 0 Å². The molecule has 0 spiro atoms. The van der Waals surface area contributed by atoms with E-state index in [1.807, 2.05) is 19.1 Å². The number of piperidine rings is 1. The van der Waals surface area contributed by atoms with Crippen LogP contribution in [0.1, 0.15) is 72.0 Å². The van der Waals surface area contributed by atoms with Gasteiger partial charge in [-0.25, -0.2) is 0 Å². The number of anilines is 2. The van der Waals surface area contributed by atoms with Gasteiger partial charge in [0.05, 0.1) is 5.56 Å². The van der Waals surface area contributed by atoms with Gasteiger partial charge in [-0.05, 0) is 85.6 Å². The summed E-state index contributed by atoms with van der Waals surface area (Å²) in [5, 5.41) is 0. The van der Waals surface area contributed by atoms with Crippen molar-refractivity contribution in [1.29, 1.82) is 0 Å². The maximum absolute atomic E-state index is 13.4. The van der Waals surface area contributed by atoms with Crippen LogP contribution in [0.15, 0.2) is 42.0 Å². The molecule has 164 valence electrons. The highest BCUT2D eigenvalue weighted by atomic mass is 19.4. The lowest BCUT2D eigenvalue weighted by molar-refractivity contribution is -0.137. The lowest BCUT2D eigenvalue weighted by Gasteiger charge is -2.29. The molecule has 4 rings (SSSR count). The topological polar surface area (TPSA) is 46.3 Å². The highest BCUT2D eigenvalue weighted by Crippen LogP contribution is 2.40. The maximum atomic E-state index is 13.4. The van der Waals surface area contributed by atoms with Crippen LogP contribution in [0.3, 0.4) is 0 Å². The second-order valence-electron chi connectivity index (χ2n) is 8.47. The number of alkyl halides is 3. The van der Waals surface area contributed by atoms with Crippen molar-refractivity contribution in [2.75, 3.05) is 23.7 Å². The zero-order valence-corrected chi connectivity index (χ0v) is 17.6. The molecule has 1 fully saturated rings. The van der Waals surface area contributed by atoms with E-state index in [1.165, 1.54) is 18.6 Å². The van der Waals surface area contributed by atoms with E-state index in [0.29, 0.717) is 40.8 Å². The number of carbonyl (C=O) groups excluding carboxylic acids is 1. The van der Waals surface area contributed by atoms with Crippen molar-refractivity contribution in [2.24, 2.45) is 0 Å². The van der Waals surface area contributed by atoms with E-state index in [9.17, 15) is 18.0 Å². The molecule has 2 N–H and O–H groups in total. The summed E-state index contributed by atoms with van der Waals surface area (Å²) in [5.41, 5.74) is 9.35. The summed E-state index contributed by atoms with van der Waals surface area (Å²) < 4.78 is 39.5. The predicted molar refractivity (Wildman–Crippen MR) is 118 cm³/mol. The molecule has 1 atom stereocenters. The van der Waals surface area contributed by atoms with Crippen molar-refractivity contribution < 1.29 is 18.0 Å². The number of Topliss-reactive ketones (excluding diaryl/α,β-unsaturated/α-hetero) is 1. The normalized spacial score (nSPS) is 19.0. The number of nitrogens with zero attached hydrogens (tertiary/aromatic N) is 1. The molecule has 1 heterocycles. The first-order valence-corrected chi connectivity index (χ1v) is 10.9. The van der Waals surface area contributed by atoms with Crippen LogP contribution in [0.4, 0.5) is 24.5 Å². The van der Waals surface area contributed by atoms with E-state index >= 15 is 0 Å². The van der Waals surface area contributed by atoms with Crippen LogP contribution in [0.5, 0.6) is 0 Å². The Morgan fingerprint density at radius 1 is 1.10 bits per heavy atom. The molecule has 31 heavy (non-hydrogen) atoms. The number of allylic oxidation sites excluding steroid dienone is 1. The van der Waals surface area contributed by atoms with Gasteiger partial charge in [0, 0.05) is 35.6 Å². The molecule has 1 aliphatic carbocycles. The average molecular weight is 428 g/mol. The number of ketones is 1. The SMILES string of the molecule is CCC1CC(C(=O)c2cc(N3CCCCC3)ccc2N)=Cc2ccc(C(F)(F)F)cc21. The van der Waals surface area contributed by atoms with Gasteiger partial charge in [0.2, 0.25) is 0 Å². The first-order valence-electron chi connectivity index (χ1n) is 10.9. The Balaban J connectivity index is 1.68. The van der Waals surface area contributed by atoms with Crippen LogP contribution >= 0.6 is 0 Å². The molecular weight excluding hydrogens is 401 g/mol. The monoisotopic (exact) mass is 428 g/mol. The van der Waals surface area contributed by atoms with Crippen LogP contribution in [-0.4, -0.2) is 18.9 Å². The van der Waals surface area contributed by atoms with E-state index < -0.39 is 11.7 Å². The van der Waals surface area contributed by atoms with Crippen molar-refractivity contribution in [3.8, 4) is 0 Å². The second kappa shape index (κ2) is 8.40. The first-order chi connectivity index (χ1) is 14.8. The molecule has 3 nitrogen and oxygen atoms in total. The van der Waals surface area contributed by atoms with Crippen molar-refractivity contribution in [3.63, 3.8) is 0 Å².